The summed E-state index contributed by atoms with van der Waals surface area (Å²) in [5, 5.41) is 0. The topological polar surface area (TPSA) is 9.23 Å². The normalized spacial score (nSPS) is 10.4. The maximum Gasteiger partial charge on any atom is 0.126 e. The number of hydrogen-bond donors (Lipinski definition) is 0. The van der Waals surface area contributed by atoms with Crippen molar-refractivity contribution in [1.29, 1.82) is 0 Å². The van der Waals surface area contributed by atoms with Crippen molar-refractivity contribution in [3.8, 4) is 5.75 Å². The Bertz CT molecular complexity index is 251. The van der Waals surface area contributed by atoms with Crippen LogP contribution in [0.1, 0.15) is 12.5 Å². The van der Waals surface area contributed by atoms with Gasteiger partial charge in [0.05, 0.1) is 6.26 Å². The maximum atomic E-state index is 5.26. The fraction of sp³-hybridized carbons (Fsp3) is 0.200. The van der Waals surface area contributed by atoms with Gasteiger partial charge in [-0.1, -0.05) is 18.2 Å². The van der Waals surface area contributed by atoms with E-state index in [0.29, 0.717) is 0 Å². The Morgan fingerprint density at radius 2 is 2.18 bits per heavy atom. The standard InChI is InChI=1S/C10H12O/c1-3-7-11-10-6-4-5-9(2)8-10/h3-8H,1-2H3. The molecule has 11 heavy (non-hydrogen) atoms. The summed E-state index contributed by atoms with van der Waals surface area (Å²) < 4.78 is 5.26. The number of benzene rings is 1. The van der Waals surface area contributed by atoms with Gasteiger partial charge in [0.2, 0.25) is 0 Å². The van der Waals surface area contributed by atoms with Crippen LogP contribution in [-0.2, 0) is 0 Å². The highest BCUT2D eigenvalue weighted by Gasteiger charge is 1.88. The van der Waals surface area contributed by atoms with Crippen LogP contribution >= 0.6 is 0 Å². The lowest BCUT2D eigenvalue weighted by Crippen LogP contribution is -1.81. The summed E-state index contributed by atoms with van der Waals surface area (Å²) in [5.74, 6) is 0.892. The predicted octanol–water partition coefficient (Wildman–Crippen LogP) is 2.91. The van der Waals surface area contributed by atoms with Crippen molar-refractivity contribution in [1.82, 2.24) is 0 Å². The molecule has 0 aliphatic rings. The smallest absolute Gasteiger partial charge is 0.126 e. The van der Waals surface area contributed by atoms with E-state index in [1.165, 1.54) is 5.56 Å². The van der Waals surface area contributed by atoms with Crippen LogP contribution in [0.4, 0.5) is 0 Å². The molecule has 0 saturated heterocycles. The molecule has 0 spiro atoms. The molecule has 0 aliphatic carbocycles. The molecule has 1 aromatic carbocycles. The van der Waals surface area contributed by atoms with Gasteiger partial charge in [-0.05, 0) is 31.5 Å². The van der Waals surface area contributed by atoms with Gasteiger partial charge in [-0.2, -0.15) is 0 Å². The first kappa shape index (κ1) is 7.86. The average molecular weight is 148 g/mol. The highest BCUT2D eigenvalue weighted by atomic mass is 16.5. The minimum atomic E-state index is 0.892. The molecular weight excluding hydrogens is 136 g/mol. The second kappa shape index (κ2) is 3.81. The average Bonchev–Trinajstić information content (AvgIpc) is 2.01. The lowest BCUT2D eigenvalue weighted by atomic mass is 10.2. The molecule has 0 atom stereocenters. The second-order valence-corrected chi connectivity index (χ2v) is 2.40. The molecule has 0 saturated carbocycles. The van der Waals surface area contributed by atoms with Gasteiger partial charge in [0, 0.05) is 0 Å². The van der Waals surface area contributed by atoms with Gasteiger partial charge in [0.15, 0.2) is 0 Å². The number of aryl methyl sites for hydroxylation is 1. The van der Waals surface area contributed by atoms with Crippen LogP contribution in [-0.4, -0.2) is 0 Å². The van der Waals surface area contributed by atoms with Crippen molar-refractivity contribution in [3.63, 3.8) is 0 Å². The lowest BCUT2D eigenvalue weighted by molar-refractivity contribution is 0.480. The van der Waals surface area contributed by atoms with E-state index >= 15 is 0 Å². The monoisotopic (exact) mass is 148 g/mol. The van der Waals surface area contributed by atoms with E-state index in [1.54, 1.807) is 6.26 Å². The van der Waals surface area contributed by atoms with E-state index in [2.05, 4.69) is 0 Å². The van der Waals surface area contributed by atoms with Crippen molar-refractivity contribution in [2.45, 2.75) is 13.8 Å². The molecule has 0 radical (unpaired) electrons. The van der Waals surface area contributed by atoms with Gasteiger partial charge in [-0.15, -0.1) is 0 Å². The Labute approximate surface area is 67.3 Å². The number of allylic oxidation sites excluding steroid dienone is 1. The third-order valence-corrected chi connectivity index (χ3v) is 1.33. The van der Waals surface area contributed by atoms with Crippen molar-refractivity contribution in [2.75, 3.05) is 0 Å². The molecule has 1 nitrogen and oxygen atoms in total. The summed E-state index contributed by atoms with van der Waals surface area (Å²) >= 11 is 0. The zero-order valence-electron chi connectivity index (χ0n) is 6.87. The van der Waals surface area contributed by atoms with Gasteiger partial charge in [0.1, 0.15) is 5.75 Å². The number of ether oxygens (including phenoxy) is 1. The molecule has 0 N–H and O–H groups in total. The van der Waals surface area contributed by atoms with Crippen LogP contribution in [0.3, 0.4) is 0 Å². The summed E-state index contributed by atoms with van der Waals surface area (Å²) in [6.45, 7) is 3.97. The SMILES string of the molecule is CC=COc1cccc(C)c1. The zero-order chi connectivity index (χ0) is 8.10. The Morgan fingerprint density at radius 1 is 1.36 bits per heavy atom. The third kappa shape index (κ3) is 2.46. The number of rotatable bonds is 2. The van der Waals surface area contributed by atoms with Gasteiger partial charge >= 0.3 is 0 Å². The van der Waals surface area contributed by atoms with Crippen molar-refractivity contribution in [2.24, 2.45) is 0 Å². The first-order chi connectivity index (χ1) is 5.33. The number of hydrogen-bond acceptors (Lipinski definition) is 1. The van der Waals surface area contributed by atoms with Crippen molar-refractivity contribution >= 4 is 0 Å². The first-order valence-corrected chi connectivity index (χ1v) is 3.67. The summed E-state index contributed by atoms with van der Waals surface area (Å²) in [5.41, 5.74) is 1.21. The lowest BCUT2D eigenvalue weighted by Gasteiger charge is -1.99. The van der Waals surface area contributed by atoms with Gasteiger partial charge in [0.25, 0.3) is 0 Å². The van der Waals surface area contributed by atoms with E-state index < -0.39 is 0 Å². The molecule has 1 rings (SSSR count). The van der Waals surface area contributed by atoms with Crippen LogP contribution in [0.25, 0.3) is 0 Å². The molecule has 0 unspecified atom stereocenters. The third-order valence-electron chi connectivity index (χ3n) is 1.33. The zero-order valence-corrected chi connectivity index (χ0v) is 6.87. The maximum absolute atomic E-state index is 5.26. The minimum absolute atomic E-state index is 0.892. The van der Waals surface area contributed by atoms with E-state index in [1.807, 2.05) is 44.2 Å². The molecule has 0 heterocycles. The van der Waals surface area contributed by atoms with Crippen molar-refractivity contribution < 1.29 is 4.74 Å². The molecule has 0 aromatic heterocycles. The van der Waals surface area contributed by atoms with Crippen LogP contribution in [0.5, 0.6) is 5.75 Å². The Balaban J connectivity index is 2.71. The highest BCUT2D eigenvalue weighted by Crippen LogP contribution is 2.12. The summed E-state index contributed by atoms with van der Waals surface area (Å²) in [6, 6.07) is 7.96. The highest BCUT2D eigenvalue weighted by molar-refractivity contribution is 5.27. The quantitative estimate of drug-likeness (QED) is 0.586. The van der Waals surface area contributed by atoms with Crippen LogP contribution in [0.2, 0.25) is 0 Å². The van der Waals surface area contributed by atoms with E-state index in [4.69, 9.17) is 4.74 Å². The fourth-order valence-electron chi connectivity index (χ4n) is 0.835. The largest absolute Gasteiger partial charge is 0.465 e. The van der Waals surface area contributed by atoms with E-state index in [-0.39, 0.29) is 0 Å². The minimum Gasteiger partial charge on any atom is -0.465 e. The van der Waals surface area contributed by atoms with Crippen molar-refractivity contribution in [3.05, 3.63) is 42.2 Å². The molecule has 58 valence electrons. The second-order valence-electron chi connectivity index (χ2n) is 2.40. The Hall–Kier alpha value is -1.24. The summed E-state index contributed by atoms with van der Waals surface area (Å²) in [4.78, 5) is 0. The molecule has 0 amide bonds. The Kier molecular flexibility index (Phi) is 2.73. The molecular formula is C10H12O. The molecule has 0 bridgehead atoms. The fourth-order valence-corrected chi connectivity index (χ4v) is 0.835. The molecule has 0 aliphatic heterocycles. The molecule has 0 fully saturated rings. The molecule has 1 aromatic rings. The van der Waals surface area contributed by atoms with Crippen LogP contribution < -0.4 is 4.74 Å². The van der Waals surface area contributed by atoms with Gasteiger partial charge in [-0.25, -0.2) is 0 Å². The Morgan fingerprint density at radius 3 is 2.82 bits per heavy atom. The van der Waals surface area contributed by atoms with Crippen LogP contribution in [0, 0.1) is 6.92 Å². The predicted molar refractivity (Wildman–Crippen MR) is 46.6 cm³/mol. The summed E-state index contributed by atoms with van der Waals surface area (Å²) in [7, 11) is 0. The van der Waals surface area contributed by atoms with Crippen LogP contribution in [0.15, 0.2) is 36.6 Å². The van der Waals surface area contributed by atoms with E-state index in [9.17, 15) is 0 Å². The van der Waals surface area contributed by atoms with Gasteiger partial charge < -0.3 is 4.74 Å². The van der Waals surface area contributed by atoms with Gasteiger partial charge in [-0.3, -0.25) is 0 Å². The van der Waals surface area contributed by atoms with E-state index in [0.717, 1.165) is 5.75 Å². The first-order valence-electron chi connectivity index (χ1n) is 3.67. The summed E-state index contributed by atoms with van der Waals surface area (Å²) in [6.07, 6.45) is 3.54. The molecule has 1 heteroatoms.